The van der Waals surface area contributed by atoms with Gasteiger partial charge in [0.15, 0.2) is 0 Å². The Bertz CT molecular complexity index is 1300. The number of hydrogen-bond acceptors (Lipinski definition) is 5. The van der Waals surface area contributed by atoms with Crippen LogP contribution < -0.4 is 5.32 Å². The maximum Gasteiger partial charge on any atom is 0.305 e. The van der Waals surface area contributed by atoms with Crippen LogP contribution >= 0.6 is 0 Å². The Morgan fingerprint density at radius 3 is 0.887 bits per heavy atom. The molecule has 0 rings (SSSR count). The number of carbonyl (C=O) groups excluding carboxylic acids is 2. The van der Waals surface area contributed by atoms with Crippen molar-refractivity contribution in [3.8, 4) is 0 Å². The molecule has 0 aliphatic carbocycles. The average Bonchev–Trinajstić information content (AvgIpc) is 3.46. The van der Waals surface area contributed by atoms with Gasteiger partial charge in [0.25, 0.3) is 0 Å². The zero-order chi connectivity index (χ0) is 57.8. The zero-order valence-electron chi connectivity index (χ0n) is 54.1. The summed E-state index contributed by atoms with van der Waals surface area (Å²) in [5.74, 6) is -0.0488. The number of allylic oxidation sites excluding steroid dienone is 5. The molecule has 0 aromatic carbocycles. The van der Waals surface area contributed by atoms with Crippen molar-refractivity contribution >= 4 is 11.9 Å². The maximum atomic E-state index is 12.5. The molecule has 0 saturated heterocycles. The minimum atomic E-state index is -0.844. The molecule has 0 fully saturated rings. The van der Waals surface area contributed by atoms with E-state index in [0.717, 1.165) is 38.5 Å². The van der Waals surface area contributed by atoms with Crippen LogP contribution in [0.15, 0.2) is 36.5 Å². The third-order valence-electron chi connectivity index (χ3n) is 16.9. The van der Waals surface area contributed by atoms with E-state index in [1.165, 1.54) is 334 Å². The number of hydrogen-bond donors (Lipinski definition) is 3. The molecular formula is C74H141NO5. The molecule has 6 heteroatoms. The number of nitrogens with one attached hydrogen (secondary N) is 1. The first-order valence-electron chi connectivity index (χ1n) is 36.3. The Hall–Kier alpha value is -1.92. The molecule has 1 amide bonds. The van der Waals surface area contributed by atoms with Crippen LogP contribution in [0.1, 0.15) is 399 Å². The summed E-state index contributed by atoms with van der Waals surface area (Å²) >= 11 is 0. The number of aliphatic hydroxyl groups is 2. The van der Waals surface area contributed by atoms with Gasteiger partial charge in [0.1, 0.15) is 0 Å². The summed E-state index contributed by atoms with van der Waals surface area (Å²) in [5, 5.41) is 23.2. The number of amides is 1. The summed E-state index contributed by atoms with van der Waals surface area (Å²) in [6.07, 6.45) is 89.5. The number of aliphatic hydroxyl groups excluding tert-OH is 2. The third-order valence-corrected chi connectivity index (χ3v) is 16.9. The number of unbranched alkanes of at least 4 members (excludes halogenated alkanes) is 53. The molecule has 0 aliphatic rings. The van der Waals surface area contributed by atoms with E-state index in [1.807, 2.05) is 6.08 Å². The Balaban J connectivity index is 3.37. The quantitative estimate of drug-likeness (QED) is 0.0320. The summed E-state index contributed by atoms with van der Waals surface area (Å²) in [6.45, 7) is 4.93. The molecule has 2 unspecified atom stereocenters. The topological polar surface area (TPSA) is 95.9 Å². The van der Waals surface area contributed by atoms with Gasteiger partial charge in [-0.3, -0.25) is 9.59 Å². The molecule has 0 spiro atoms. The van der Waals surface area contributed by atoms with Gasteiger partial charge >= 0.3 is 5.97 Å². The molecule has 2 atom stereocenters. The molecule has 0 aromatic heterocycles. The standard InChI is InChI=1S/C74H141NO5/c1-3-5-7-9-11-13-15-17-19-20-32-36-40-44-48-52-56-60-64-68-74(79)80-69-65-61-57-53-49-45-41-37-34-31-29-27-25-23-21-22-24-26-28-30-33-35-39-43-47-51-55-59-63-67-73(78)75-71(70-76)72(77)66-62-58-54-50-46-42-38-18-16-14-12-10-8-6-4-2/h17,19,21,23,62,66,71-72,76-77H,3-16,18,20,22,24-61,63-65,67-70H2,1-2H3,(H,75,78)/b19-17-,23-21-,66-62+. The van der Waals surface area contributed by atoms with E-state index in [2.05, 4.69) is 43.5 Å². The van der Waals surface area contributed by atoms with Gasteiger partial charge in [-0.15, -0.1) is 0 Å². The second kappa shape index (κ2) is 69.6. The second-order valence-corrected chi connectivity index (χ2v) is 24.9. The molecule has 0 heterocycles. The van der Waals surface area contributed by atoms with Crippen LogP contribution in [-0.2, 0) is 14.3 Å². The fourth-order valence-electron chi connectivity index (χ4n) is 11.3. The minimum absolute atomic E-state index is 0.0162. The van der Waals surface area contributed by atoms with Crippen LogP contribution in [0.4, 0.5) is 0 Å². The molecule has 0 aliphatic heterocycles. The normalized spacial score (nSPS) is 12.7. The summed E-state index contributed by atoms with van der Waals surface area (Å²) in [4.78, 5) is 24.6. The first-order valence-corrected chi connectivity index (χ1v) is 36.3. The Morgan fingerprint density at radius 2 is 0.588 bits per heavy atom. The third kappa shape index (κ3) is 65.2. The van der Waals surface area contributed by atoms with E-state index in [1.54, 1.807) is 6.08 Å². The number of rotatable bonds is 68. The molecule has 0 radical (unpaired) electrons. The lowest BCUT2D eigenvalue weighted by molar-refractivity contribution is -0.143. The summed E-state index contributed by atoms with van der Waals surface area (Å²) in [6, 6.07) is -0.627. The molecule has 3 N–H and O–H groups in total. The fraction of sp³-hybridized carbons (Fsp3) is 0.892. The number of carbonyl (C=O) groups is 2. The van der Waals surface area contributed by atoms with Gasteiger partial charge in [0.05, 0.1) is 25.4 Å². The fourth-order valence-corrected chi connectivity index (χ4v) is 11.3. The van der Waals surface area contributed by atoms with E-state index < -0.39 is 12.1 Å². The molecule has 0 saturated carbocycles. The zero-order valence-corrected chi connectivity index (χ0v) is 54.1. The maximum absolute atomic E-state index is 12.5. The Morgan fingerprint density at radius 1 is 0.338 bits per heavy atom. The highest BCUT2D eigenvalue weighted by atomic mass is 16.5. The van der Waals surface area contributed by atoms with Crippen molar-refractivity contribution in [1.82, 2.24) is 5.32 Å². The average molecular weight is 1120 g/mol. The predicted molar refractivity (Wildman–Crippen MR) is 352 cm³/mol. The highest BCUT2D eigenvalue weighted by Gasteiger charge is 2.18. The first kappa shape index (κ1) is 78.1. The van der Waals surface area contributed by atoms with Crippen LogP contribution in [0, 0.1) is 0 Å². The lowest BCUT2D eigenvalue weighted by atomic mass is 10.0. The monoisotopic (exact) mass is 1120 g/mol. The van der Waals surface area contributed by atoms with Gasteiger partial charge in [-0.05, 0) is 83.5 Å². The Labute approximate surface area is 500 Å². The van der Waals surface area contributed by atoms with Crippen LogP contribution in [-0.4, -0.2) is 47.4 Å². The van der Waals surface area contributed by atoms with Gasteiger partial charge in [0, 0.05) is 12.8 Å². The summed E-state index contributed by atoms with van der Waals surface area (Å²) in [5.41, 5.74) is 0. The molecule has 472 valence electrons. The smallest absolute Gasteiger partial charge is 0.305 e. The first-order chi connectivity index (χ1) is 39.5. The SMILES string of the molecule is CCCCCCCC/C=C\CCCCCCCCCCCC(=O)OCCCCCCCCCCCCCC/C=C\CCCCCCCCCCCCCCCC(=O)NC(CO)C(O)/C=C/CCCCCCCCCCCCCCC. The van der Waals surface area contributed by atoms with Crippen molar-refractivity contribution in [2.75, 3.05) is 13.2 Å². The van der Waals surface area contributed by atoms with Gasteiger partial charge < -0.3 is 20.3 Å². The summed E-state index contributed by atoms with van der Waals surface area (Å²) in [7, 11) is 0. The number of ether oxygens (including phenoxy) is 1. The largest absolute Gasteiger partial charge is 0.466 e. The summed E-state index contributed by atoms with van der Waals surface area (Å²) < 4.78 is 5.51. The Kier molecular flexibility index (Phi) is 67.9. The molecular weight excluding hydrogens is 983 g/mol. The molecule has 0 bridgehead atoms. The predicted octanol–water partition coefficient (Wildman–Crippen LogP) is 23.5. The van der Waals surface area contributed by atoms with E-state index in [0.29, 0.717) is 19.4 Å². The second-order valence-electron chi connectivity index (χ2n) is 24.9. The molecule has 0 aromatic rings. The van der Waals surface area contributed by atoms with E-state index in [9.17, 15) is 19.8 Å². The molecule has 6 nitrogen and oxygen atoms in total. The van der Waals surface area contributed by atoms with Crippen molar-refractivity contribution in [3.63, 3.8) is 0 Å². The van der Waals surface area contributed by atoms with Crippen LogP contribution in [0.25, 0.3) is 0 Å². The van der Waals surface area contributed by atoms with Crippen molar-refractivity contribution in [3.05, 3.63) is 36.5 Å². The van der Waals surface area contributed by atoms with Crippen molar-refractivity contribution < 1.29 is 24.5 Å². The van der Waals surface area contributed by atoms with Crippen LogP contribution in [0.3, 0.4) is 0 Å². The number of esters is 1. The van der Waals surface area contributed by atoms with Crippen molar-refractivity contribution in [2.45, 2.75) is 411 Å². The van der Waals surface area contributed by atoms with Crippen LogP contribution in [0.2, 0.25) is 0 Å². The van der Waals surface area contributed by atoms with Gasteiger partial charge in [-0.2, -0.15) is 0 Å². The lowest BCUT2D eigenvalue weighted by Gasteiger charge is -2.20. The minimum Gasteiger partial charge on any atom is -0.466 e. The van der Waals surface area contributed by atoms with Gasteiger partial charge in [-0.1, -0.05) is 339 Å². The van der Waals surface area contributed by atoms with E-state index >= 15 is 0 Å². The van der Waals surface area contributed by atoms with E-state index in [4.69, 9.17) is 4.74 Å². The van der Waals surface area contributed by atoms with Gasteiger partial charge in [-0.25, -0.2) is 0 Å². The van der Waals surface area contributed by atoms with Crippen molar-refractivity contribution in [2.24, 2.45) is 0 Å². The van der Waals surface area contributed by atoms with Gasteiger partial charge in [0.2, 0.25) is 5.91 Å². The van der Waals surface area contributed by atoms with E-state index in [-0.39, 0.29) is 18.5 Å². The lowest BCUT2D eigenvalue weighted by Crippen LogP contribution is -2.45. The highest BCUT2D eigenvalue weighted by Crippen LogP contribution is 2.18. The molecule has 80 heavy (non-hydrogen) atoms. The van der Waals surface area contributed by atoms with Crippen molar-refractivity contribution in [1.29, 1.82) is 0 Å². The highest BCUT2D eigenvalue weighted by molar-refractivity contribution is 5.76. The van der Waals surface area contributed by atoms with Crippen LogP contribution in [0.5, 0.6) is 0 Å².